The monoisotopic (exact) mass is 306 g/mol. The van der Waals surface area contributed by atoms with Crippen LogP contribution in [0.5, 0.6) is 5.75 Å². The second-order valence-corrected chi connectivity index (χ2v) is 5.25. The average molecular weight is 306 g/mol. The van der Waals surface area contributed by atoms with Gasteiger partial charge in [-0.3, -0.25) is 4.79 Å². The lowest BCUT2D eigenvalue weighted by molar-refractivity contribution is -0.114. The van der Waals surface area contributed by atoms with Crippen LogP contribution in [0.1, 0.15) is 28.5 Å². The number of amides is 1. The molecule has 1 aromatic carbocycles. The number of nitrogens with zero attached hydrogens (tertiary/aromatic N) is 1. The molecule has 2 rings (SSSR count). The maximum Gasteiger partial charge on any atom is 0.335 e. The summed E-state index contributed by atoms with van der Waals surface area (Å²) in [5.74, 6) is -0.554. The van der Waals surface area contributed by atoms with Crippen LogP contribution in [0.4, 0.5) is 5.13 Å². The van der Waals surface area contributed by atoms with E-state index in [-0.39, 0.29) is 18.1 Å². The molecule has 0 unspecified atom stereocenters. The van der Waals surface area contributed by atoms with Crippen molar-refractivity contribution in [3.05, 3.63) is 40.4 Å². The van der Waals surface area contributed by atoms with Gasteiger partial charge in [-0.15, -0.1) is 11.3 Å². The Hall–Kier alpha value is -2.41. The third-order valence-corrected chi connectivity index (χ3v) is 3.46. The Morgan fingerprint density at radius 2 is 2.19 bits per heavy atom. The fourth-order valence-electron chi connectivity index (χ4n) is 1.70. The predicted octanol–water partition coefficient (Wildman–Crippen LogP) is 2.69. The van der Waals surface area contributed by atoms with Gasteiger partial charge in [-0.05, 0) is 30.7 Å². The summed E-state index contributed by atoms with van der Waals surface area (Å²) in [6.45, 7) is 3.39. The SMILES string of the molecule is CC(=O)Nc1nc(COc2ccc(C(=O)O)c(C)c2)cs1. The van der Waals surface area contributed by atoms with E-state index in [0.29, 0.717) is 22.1 Å². The molecule has 2 aromatic rings. The Balaban J connectivity index is 1.99. The largest absolute Gasteiger partial charge is 0.487 e. The van der Waals surface area contributed by atoms with E-state index in [9.17, 15) is 9.59 Å². The predicted molar refractivity (Wildman–Crippen MR) is 78.9 cm³/mol. The number of hydrogen-bond acceptors (Lipinski definition) is 5. The van der Waals surface area contributed by atoms with Crippen LogP contribution in [-0.2, 0) is 11.4 Å². The number of carbonyl (C=O) groups is 2. The van der Waals surface area contributed by atoms with Crippen molar-refractivity contribution in [1.29, 1.82) is 0 Å². The molecule has 0 aliphatic rings. The number of carbonyl (C=O) groups excluding carboxylic acids is 1. The van der Waals surface area contributed by atoms with E-state index in [1.165, 1.54) is 24.3 Å². The lowest BCUT2D eigenvalue weighted by Crippen LogP contribution is -2.05. The number of aromatic carboxylic acids is 1. The number of anilines is 1. The fourth-order valence-corrected chi connectivity index (χ4v) is 2.45. The van der Waals surface area contributed by atoms with Crippen LogP contribution in [0.15, 0.2) is 23.6 Å². The highest BCUT2D eigenvalue weighted by Gasteiger charge is 2.08. The van der Waals surface area contributed by atoms with E-state index in [2.05, 4.69) is 10.3 Å². The van der Waals surface area contributed by atoms with Crippen LogP contribution in [0, 0.1) is 6.92 Å². The highest BCUT2D eigenvalue weighted by molar-refractivity contribution is 7.13. The summed E-state index contributed by atoms with van der Waals surface area (Å²) in [4.78, 5) is 26.0. The smallest absolute Gasteiger partial charge is 0.335 e. The number of thiazole rings is 1. The summed E-state index contributed by atoms with van der Waals surface area (Å²) < 4.78 is 5.56. The molecule has 0 spiro atoms. The molecule has 0 bridgehead atoms. The standard InChI is InChI=1S/C14H14N2O4S/c1-8-5-11(3-4-12(8)13(18)19)20-6-10-7-21-14(16-10)15-9(2)17/h3-5,7H,6H2,1-2H3,(H,18,19)(H,15,16,17). The number of aromatic nitrogens is 1. The van der Waals surface area contributed by atoms with E-state index in [1.807, 2.05) is 0 Å². The summed E-state index contributed by atoms with van der Waals surface area (Å²) in [6, 6.07) is 4.79. The van der Waals surface area contributed by atoms with Crippen molar-refractivity contribution in [2.45, 2.75) is 20.5 Å². The number of hydrogen-bond donors (Lipinski definition) is 2. The Bertz CT molecular complexity index is 681. The number of aryl methyl sites for hydroxylation is 1. The molecule has 7 heteroatoms. The van der Waals surface area contributed by atoms with Gasteiger partial charge in [-0.25, -0.2) is 9.78 Å². The minimum absolute atomic E-state index is 0.170. The molecule has 21 heavy (non-hydrogen) atoms. The second-order valence-electron chi connectivity index (χ2n) is 4.40. The van der Waals surface area contributed by atoms with Gasteiger partial charge in [-0.2, -0.15) is 0 Å². The van der Waals surface area contributed by atoms with Gasteiger partial charge >= 0.3 is 5.97 Å². The molecule has 110 valence electrons. The van der Waals surface area contributed by atoms with Crippen molar-refractivity contribution in [2.75, 3.05) is 5.32 Å². The van der Waals surface area contributed by atoms with Crippen LogP contribution in [0.3, 0.4) is 0 Å². The molecule has 0 saturated carbocycles. The average Bonchev–Trinajstić information content (AvgIpc) is 2.82. The fraction of sp³-hybridized carbons (Fsp3) is 0.214. The van der Waals surface area contributed by atoms with Crippen molar-refractivity contribution in [2.24, 2.45) is 0 Å². The topological polar surface area (TPSA) is 88.5 Å². The maximum absolute atomic E-state index is 10.9. The van der Waals surface area contributed by atoms with Gasteiger partial charge < -0.3 is 15.2 Å². The Kier molecular flexibility index (Phi) is 4.54. The van der Waals surface area contributed by atoms with E-state index in [0.717, 1.165) is 0 Å². The van der Waals surface area contributed by atoms with E-state index >= 15 is 0 Å². The lowest BCUT2D eigenvalue weighted by atomic mass is 10.1. The lowest BCUT2D eigenvalue weighted by Gasteiger charge is -2.07. The van der Waals surface area contributed by atoms with Gasteiger partial charge in [0.2, 0.25) is 5.91 Å². The van der Waals surface area contributed by atoms with Crippen molar-refractivity contribution in [1.82, 2.24) is 4.98 Å². The number of ether oxygens (including phenoxy) is 1. The van der Waals surface area contributed by atoms with E-state index in [1.54, 1.807) is 24.4 Å². The molecule has 2 N–H and O–H groups in total. The van der Waals surface area contributed by atoms with Crippen LogP contribution in [0.2, 0.25) is 0 Å². The molecule has 1 aromatic heterocycles. The summed E-state index contributed by atoms with van der Waals surface area (Å²) in [6.07, 6.45) is 0. The molecule has 0 aliphatic heterocycles. The second kappa shape index (κ2) is 6.36. The number of carboxylic acids is 1. The molecule has 0 fully saturated rings. The quantitative estimate of drug-likeness (QED) is 0.886. The molecule has 1 amide bonds. The summed E-state index contributed by atoms with van der Waals surface area (Å²) in [5.41, 5.74) is 1.59. The highest BCUT2D eigenvalue weighted by Crippen LogP contribution is 2.20. The first-order valence-corrected chi connectivity index (χ1v) is 7.02. The van der Waals surface area contributed by atoms with E-state index < -0.39 is 5.97 Å². The molecule has 0 saturated heterocycles. The number of rotatable bonds is 5. The third kappa shape index (κ3) is 4.03. The van der Waals surface area contributed by atoms with Gasteiger partial charge in [0.05, 0.1) is 11.3 Å². The van der Waals surface area contributed by atoms with Crippen molar-refractivity contribution in [3.63, 3.8) is 0 Å². The number of benzene rings is 1. The highest BCUT2D eigenvalue weighted by atomic mass is 32.1. The van der Waals surface area contributed by atoms with Crippen LogP contribution >= 0.6 is 11.3 Å². The Labute approximate surface area is 125 Å². The third-order valence-electron chi connectivity index (χ3n) is 2.65. The molecule has 0 atom stereocenters. The first-order chi connectivity index (χ1) is 9.95. The van der Waals surface area contributed by atoms with Crippen LogP contribution in [-0.4, -0.2) is 22.0 Å². The summed E-state index contributed by atoms with van der Waals surface area (Å²) in [5, 5.41) is 13.9. The van der Waals surface area contributed by atoms with E-state index in [4.69, 9.17) is 9.84 Å². The van der Waals surface area contributed by atoms with Crippen molar-refractivity contribution < 1.29 is 19.4 Å². The maximum atomic E-state index is 10.9. The van der Waals surface area contributed by atoms with Gasteiger partial charge in [0.1, 0.15) is 12.4 Å². The van der Waals surface area contributed by atoms with Gasteiger partial charge in [-0.1, -0.05) is 0 Å². The zero-order valence-electron chi connectivity index (χ0n) is 11.5. The number of nitrogens with one attached hydrogen (secondary N) is 1. The van der Waals surface area contributed by atoms with Crippen LogP contribution < -0.4 is 10.1 Å². The van der Waals surface area contributed by atoms with Gasteiger partial charge in [0, 0.05) is 12.3 Å². The zero-order valence-corrected chi connectivity index (χ0v) is 12.4. The number of carboxylic acid groups (broad SMARTS) is 1. The molecule has 0 radical (unpaired) electrons. The minimum atomic E-state index is -0.960. The molecule has 0 aliphatic carbocycles. The zero-order chi connectivity index (χ0) is 15.4. The van der Waals surface area contributed by atoms with Gasteiger partial charge in [0.25, 0.3) is 0 Å². The first-order valence-electron chi connectivity index (χ1n) is 6.14. The normalized spacial score (nSPS) is 10.2. The first kappa shape index (κ1) is 15.0. The molecule has 6 nitrogen and oxygen atoms in total. The van der Waals surface area contributed by atoms with Crippen molar-refractivity contribution in [3.8, 4) is 5.75 Å². The molecular formula is C14H14N2O4S. The molecular weight excluding hydrogens is 292 g/mol. The minimum Gasteiger partial charge on any atom is -0.487 e. The van der Waals surface area contributed by atoms with Crippen LogP contribution in [0.25, 0.3) is 0 Å². The van der Waals surface area contributed by atoms with Crippen molar-refractivity contribution >= 4 is 28.3 Å². The molecule has 1 heterocycles. The Morgan fingerprint density at radius 3 is 2.81 bits per heavy atom. The summed E-state index contributed by atoms with van der Waals surface area (Å²) in [7, 11) is 0. The van der Waals surface area contributed by atoms with Gasteiger partial charge in [0.15, 0.2) is 5.13 Å². The summed E-state index contributed by atoms with van der Waals surface area (Å²) >= 11 is 1.32. The Morgan fingerprint density at radius 1 is 1.43 bits per heavy atom.